The lowest BCUT2D eigenvalue weighted by Gasteiger charge is -2.21. The van der Waals surface area contributed by atoms with E-state index in [2.05, 4.69) is 24.3 Å². The van der Waals surface area contributed by atoms with E-state index in [1.807, 2.05) is 53.9 Å². The Kier molecular flexibility index (Phi) is 7.36. The minimum Gasteiger partial charge on any atom is -0.341 e. The van der Waals surface area contributed by atoms with Gasteiger partial charge >= 0.3 is 0 Å². The van der Waals surface area contributed by atoms with Gasteiger partial charge in [0.05, 0.1) is 0 Å². The van der Waals surface area contributed by atoms with E-state index in [1.54, 1.807) is 0 Å². The fourth-order valence-electron chi connectivity index (χ4n) is 3.01. The molecule has 0 saturated carbocycles. The summed E-state index contributed by atoms with van der Waals surface area (Å²) in [7, 11) is 0. The lowest BCUT2D eigenvalue weighted by atomic mass is 10.0. The summed E-state index contributed by atoms with van der Waals surface area (Å²) in [6, 6.07) is 17.8. The van der Waals surface area contributed by atoms with Crippen LogP contribution in [0.1, 0.15) is 23.6 Å². The molecule has 0 spiro atoms. The van der Waals surface area contributed by atoms with E-state index in [0.29, 0.717) is 5.92 Å². The summed E-state index contributed by atoms with van der Waals surface area (Å²) in [5, 5.41) is 0. The Hall–Kier alpha value is -1.49. The fraction of sp³-hybridized carbons (Fsp3) is 0.350. The molecule has 2 unspecified atom stereocenters. The number of rotatable bonds is 5. The van der Waals surface area contributed by atoms with Gasteiger partial charge in [-0.2, -0.15) is 0 Å². The van der Waals surface area contributed by atoms with Crippen molar-refractivity contribution in [1.29, 1.82) is 0 Å². The first-order chi connectivity index (χ1) is 11.6. The van der Waals surface area contributed by atoms with Crippen LogP contribution in [0, 0.1) is 12.8 Å². The van der Waals surface area contributed by atoms with E-state index < -0.39 is 6.04 Å². The molecule has 5 heteroatoms. The molecule has 25 heavy (non-hydrogen) atoms. The van der Waals surface area contributed by atoms with Crippen LogP contribution in [0.3, 0.4) is 0 Å². The van der Waals surface area contributed by atoms with E-state index in [9.17, 15) is 4.79 Å². The zero-order valence-electron chi connectivity index (χ0n) is 14.4. The van der Waals surface area contributed by atoms with Gasteiger partial charge in [-0.1, -0.05) is 48.0 Å². The molecule has 0 radical (unpaired) electrons. The number of halogens is 1. The number of nitrogens with two attached hydrogens (primary N) is 1. The average molecular weight is 377 g/mol. The standard InChI is InChI=1S/C20H24N2OS.ClH/c1-15-7-9-17(10-8-15)19(21)20(23)22-12-11-16(13-22)14-24-18-5-3-2-4-6-18;/h2-10,16,19H,11-14,21H2,1H3;1H. The number of aryl methyl sites for hydroxylation is 1. The van der Waals surface area contributed by atoms with Gasteiger partial charge in [-0.25, -0.2) is 0 Å². The molecule has 1 aliphatic rings. The minimum atomic E-state index is -0.550. The van der Waals surface area contributed by atoms with Gasteiger partial charge in [0.1, 0.15) is 6.04 Å². The molecule has 2 atom stereocenters. The van der Waals surface area contributed by atoms with Crippen molar-refractivity contribution in [2.45, 2.75) is 24.3 Å². The van der Waals surface area contributed by atoms with Gasteiger partial charge in [0, 0.05) is 23.7 Å². The van der Waals surface area contributed by atoms with Crippen LogP contribution < -0.4 is 5.73 Å². The van der Waals surface area contributed by atoms with Crippen molar-refractivity contribution in [2.75, 3.05) is 18.8 Å². The molecular formula is C20H25ClN2OS. The summed E-state index contributed by atoms with van der Waals surface area (Å²) in [4.78, 5) is 15.9. The van der Waals surface area contributed by atoms with Crippen molar-refractivity contribution in [1.82, 2.24) is 4.90 Å². The number of hydrogen-bond acceptors (Lipinski definition) is 3. The number of carbonyl (C=O) groups excluding carboxylic acids is 1. The molecule has 134 valence electrons. The summed E-state index contributed by atoms with van der Waals surface area (Å²) in [5.41, 5.74) is 8.26. The fourth-order valence-corrected chi connectivity index (χ4v) is 4.06. The van der Waals surface area contributed by atoms with E-state index in [0.717, 1.165) is 30.8 Å². The zero-order chi connectivity index (χ0) is 16.9. The van der Waals surface area contributed by atoms with Gasteiger partial charge in [0.15, 0.2) is 0 Å². The molecule has 2 aromatic rings. The quantitative estimate of drug-likeness (QED) is 0.800. The summed E-state index contributed by atoms with van der Waals surface area (Å²) < 4.78 is 0. The molecule has 0 aromatic heterocycles. The highest BCUT2D eigenvalue weighted by Gasteiger charge is 2.29. The van der Waals surface area contributed by atoms with Gasteiger partial charge in [-0.05, 0) is 37.0 Å². The van der Waals surface area contributed by atoms with E-state index in [1.165, 1.54) is 10.5 Å². The highest BCUT2D eigenvalue weighted by Crippen LogP contribution is 2.27. The van der Waals surface area contributed by atoms with Crippen molar-refractivity contribution in [2.24, 2.45) is 11.7 Å². The Balaban J connectivity index is 0.00000225. The Labute approximate surface area is 160 Å². The topological polar surface area (TPSA) is 46.3 Å². The number of benzene rings is 2. The van der Waals surface area contributed by atoms with E-state index >= 15 is 0 Å². The number of carbonyl (C=O) groups is 1. The maximum atomic E-state index is 12.6. The average Bonchev–Trinajstić information content (AvgIpc) is 3.09. The van der Waals surface area contributed by atoms with Gasteiger partial charge in [-0.15, -0.1) is 24.2 Å². The number of nitrogens with zero attached hydrogens (tertiary/aromatic N) is 1. The summed E-state index contributed by atoms with van der Waals surface area (Å²) in [6.45, 7) is 3.67. The maximum absolute atomic E-state index is 12.6. The van der Waals surface area contributed by atoms with Gasteiger partial charge in [0.2, 0.25) is 5.91 Å². The minimum absolute atomic E-state index is 0. The third-order valence-electron chi connectivity index (χ3n) is 4.53. The van der Waals surface area contributed by atoms with E-state index in [-0.39, 0.29) is 18.3 Å². The van der Waals surface area contributed by atoms with Crippen LogP contribution in [-0.4, -0.2) is 29.6 Å². The van der Waals surface area contributed by atoms with Crippen LogP contribution in [-0.2, 0) is 4.79 Å². The monoisotopic (exact) mass is 376 g/mol. The summed E-state index contributed by atoms with van der Waals surface area (Å²) in [5.74, 6) is 1.64. The van der Waals surface area contributed by atoms with Crippen molar-refractivity contribution in [3.8, 4) is 0 Å². The molecule has 3 rings (SSSR count). The van der Waals surface area contributed by atoms with Crippen molar-refractivity contribution < 1.29 is 4.79 Å². The normalized spacial score (nSPS) is 17.8. The van der Waals surface area contributed by atoms with Gasteiger partial charge in [-0.3, -0.25) is 4.79 Å². The van der Waals surface area contributed by atoms with Crippen molar-refractivity contribution in [3.05, 3.63) is 65.7 Å². The summed E-state index contributed by atoms with van der Waals surface area (Å²) in [6.07, 6.45) is 1.06. The van der Waals surface area contributed by atoms with Crippen LogP contribution in [0.15, 0.2) is 59.5 Å². The molecule has 0 aliphatic carbocycles. The number of likely N-dealkylation sites (tertiary alicyclic amines) is 1. The predicted molar refractivity (Wildman–Crippen MR) is 107 cm³/mol. The third-order valence-corrected chi connectivity index (χ3v) is 5.77. The zero-order valence-corrected chi connectivity index (χ0v) is 16.1. The van der Waals surface area contributed by atoms with Gasteiger partial charge < -0.3 is 10.6 Å². The number of thioether (sulfide) groups is 1. The molecule has 1 saturated heterocycles. The first-order valence-corrected chi connectivity index (χ1v) is 9.41. The van der Waals surface area contributed by atoms with Crippen molar-refractivity contribution >= 4 is 30.1 Å². The van der Waals surface area contributed by atoms with Gasteiger partial charge in [0.25, 0.3) is 0 Å². The summed E-state index contributed by atoms with van der Waals surface area (Å²) >= 11 is 1.87. The van der Waals surface area contributed by atoms with Crippen molar-refractivity contribution in [3.63, 3.8) is 0 Å². The Morgan fingerprint density at radius 2 is 1.88 bits per heavy atom. The lowest BCUT2D eigenvalue weighted by Crippen LogP contribution is -2.37. The lowest BCUT2D eigenvalue weighted by molar-refractivity contribution is -0.131. The second kappa shape index (κ2) is 9.27. The maximum Gasteiger partial charge on any atom is 0.244 e. The second-order valence-electron chi connectivity index (χ2n) is 6.45. The van der Waals surface area contributed by atoms with Crippen LogP contribution in [0.4, 0.5) is 0 Å². The molecule has 2 N–H and O–H groups in total. The Morgan fingerprint density at radius 3 is 2.56 bits per heavy atom. The first-order valence-electron chi connectivity index (χ1n) is 8.42. The van der Waals surface area contributed by atoms with Crippen LogP contribution in [0.2, 0.25) is 0 Å². The molecule has 3 nitrogen and oxygen atoms in total. The third kappa shape index (κ3) is 5.24. The van der Waals surface area contributed by atoms with Crippen LogP contribution >= 0.6 is 24.2 Å². The molecule has 2 aromatic carbocycles. The molecule has 1 aliphatic heterocycles. The molecule has 1 heterocycles. The Bertz CT molecular complexity index is 678. The number of amides is 1. The second-order valence-corrected chi connectivity index (χ2v) is 7.54. The highest BCUT2D eigenvalue weighted by molar-refractivity contribution is 7.99. The molecule has 1 amide bonds. The largest absolute Gasteiger partial charge is 0.341 e. The van der Waals surface area contributed by atoms with Crippen LogP contribution in [0.5, 0.6) is 0 Å². The van der Waals surface area contributed by atoms with E-state index in [4.69, 9.17) is 5.73 Å². The molecular weight excluding hydrogens is 352 g/mol. The number of hydrogen-bond donors (Lipinski definition) is 1. The molecule has 1 fully saturated rings. The Morgan fingerprint density at radius 1 is 1.20 bits per heavy atom. The van der Waals surface area contributed by atoms with Crippen LogP contribution in [0.25, 0.3) is 0 Å². The first kappa shape index (κ1) is 19.8. The smallest absolute Gasteiger partial charge is 0.244 e. The SMILES string of the molecule is Cc1ccc(C(N)C(=O)N2CCC(CSc3ccccc3)C2)cc1.Cl. The predicted octanol–water partition coefficient (Wildman–Crippen LogP) is 4.06. The molecule has 0 bridgehead atoms. The highest BCUT2D eigenvalue weighted by atomic mass is 35.5.